The van der Waals surface area contributed by atoms with Crippen LogP contribution in [0.1, 0.15) is 18.1 Å². The van der Waals surface area contributed by atoms with E-state index in [0.29, 0.717) is 11.1 Å². The summed E-state index contributed by atoms with van der Waals surface area (Å²) in [6.45, 7) is 4.80. The zero-order valence-corrected chi connectivity index (χ0v) is 12.3. The maximum atomic E-state index is 12.4. The van der Waals surface area contributed by atoms with Gasteiger partial charge in [-0.05, 0) is 38.0 Å². The SMILES string of the molecule is Cc1cc([N+](=O)[O-])c(S(=O)(=O)N2CC(C)(O)C2)cc1C. The van der Waals surface area contributed by atoms with E-state index < -0.39 is 26.2 Å². The Hall–Kier alpha value is -1.51. The number of benzene rings is 1. The Morgan fingerprint density at radius 1 is 1.30 bits per heavy atom. The molecule has 0 atom stereocenters. The molecule has 0 bridgehead atoms. The topological polar surface area (TPSA) is 101 Å². The third kappa shape index (κ3) is 2.41. The maximum absolute atomic E-state index is 12.4. The molecule has 1 aliphatic rings. The van der Waals surface area contributed by atoms with Crippen molar-refractivity contribution in [3.8, 4) is 0 Å². The predicted molar refractivity (Wildman–Crippen MR) is 72.0 cm³/mol. The molecule has 1 fully saturated rings. The normalized spacial score (nSPS) is 18.6. The van der Waals surface area contributed by atoms with Crippen molar-refractivity contribution < 1.29 is 18.4 Å². The average molecular weight is 300 g/mol. The minimum absolute atomic E-state index is 0.0561. The first-order chi connectivity index (χ1) is 9.04. The molecule has 0 aromatic heterocycles. The molecule has 0 spiro atoms. The molecule has 0 radical (unpaired) electrons. The zero-order valence-electron chi connectivity index (χ0n) is 11.5. The Labute approximate surface area is 117 Å². The van der Waals surface area contributed by atoms with E-state index in [2.05, 4.69) is 0 Å². The second kappa shape index (κ2) is 4.51. The third-order valence-corrected chi connectivity index (χ3v) is 5.24. The van der Waals surface area contributed by atoms with Gasteiger partial charge in [0.15, 0.2) is 4.90 Å². The lowest BCUT2D eigenvalue weighted by atomic mass is 10.0. The van der Waals surface area contributed by atoms with Gasteiger partial charge in [-0.2, -0.15) is 4.31 Å². The first-order valence-corrected chi connectivity index (χ1v) is 7.47. The van der Waals surface area contributed by atoms with Crippen molar-refractivity contribution in [1.29, 1.82) is 0 Å². The number of rotatable bonds is 3. The number of β-amino-alcohol motifs (C(OH)–C–C–N with tert-alkyl or cyclic N) is 1. The molecule has 1 saturated heterocycles. The Bertz CT molecular complexity index is 673. The van der Waals surface area contributed by atoms with Gasteiger partial charge < -0.3 is 5.11 Å². The summed E-state index contributed by atoms with van der Waals surface area (Å²) in [5.41, 5.74) is -0.172. The minimum Gasteiger partial charge on any atom is -0.387 e. The number of nitro groups is 1. The largest absolute Gasteiger partial charge is 0.387 e. The van der Waals surface area contributed by atoms with E-state index >= 15 is 0 Å². The highest BCUT2D eigenvalue weighted by Gasteiger charge is 2.45. The van der Waals surface area contributed by atoms with Crippen molar-refractivity contribution in [2.24, 2.45) is 0 Å². The molecule has 0 aliphatic carbocycles. The van der Waals surface area contributed by atoms with Gasteiger partial charge in [0.05, 0.1) is 10.5 Å². The molecule has 20 heavy (non-hydrogen) atoms. The van der Waals surface area contributed by atoms with Gasteiger partial charge in [0, 0.05) is 19.2 Å². The number of sulfonamides is 1. The van der Waals surface area contributed by atoms with Crippen LogP contribution >= 0.6 is 0 Å². The van der Waals surface area contributed by atoms with Gasteiger partial charge in [-0.3, -0.25) is 10.1 Å². The molecule has 1 aliphatic heterocycles. The van der Waals surface area contributed by atoms with Crippen molar-refractivity contribution in [2.75, 3.05) is 13.1 Å². The van der Waals surface area contributed by atoms with Crippen LogP contribution in [0, 0.1) is 24.0 Å². The van der Waals surface area contributed by atoms with Gasteiger partial charge >= 0.3 is 0 Å². The van der Waals surface area contributed by atoms with Crippen LogP contribution in [0.4, 0.5) is 5.69 Å². The van der Waals surface area contributed by atoms with E-state index in [1.807, 2.05) is 0 Å². The third-order valence-electron chi connectivity index (χ3n) is 3.42. The highest BCUT2D eigenvalue weighted by molar-refractivity contribution is 7.89. The van der Waals surface area contributed by atoms with E-state index in [1.54, 1.807) is 13.8 Å². The van der Waals surface area contributed by atoms with Crippen LogP contribution in [0.25, 0.3) is 0 Å². The lowest BCUT2D eigenvalue weighted by Gasteiger charge is -2.42. The summed E-state index contributed by atoms with van der Waals surface area (Å²) in [6, 6.07) is 2.58. The highest BCUT2D eigenvalue weighted by atomic mass is 32.2. The lowest BCUT2D eigenvalue weighted by Crippen LogP contribution is -2.61. The smallest absolute Gasteiger partial charge is 0.289 e. The summed E-state index contributed by atoms with van der Waals surface area (Å²) < 4.78 is 25.8. The van der Waals surface area contributed by atoms with Gasteiger partial charge in [0.25, 0.3) is 5.69 Å². The molecular weight excluding hydrogens is 284 g/mol. The summed E-state index contributed by atoms with van der Waals surface area (Å²) >= 11 is 0. The molecular formula is C12H16N2O5S. The fourth-order valence-corrected chi connectivity index (χ4v) is 4.04. The van der Waals surface area contributed by atoms with Crippen molar-refractivity contribution in [3.05, 3.63) is 33.4 Å². The number of aliphatic hydroxyl groups is 1. The molecule has 8 heteroatoms. The van der Waals surface area contributed by atoms with Crippen molar-refractivity contribution in [2.45, 2.75) is 31.3 Å². The molecule has 0 unspecified atom stereocenters. The summed E-state index contributed by atoms with van der Waals surface area (Å²) in [6.07, 6.45) is 0. The average Bonchev–Trinajstić information content (AvgIpc) is 2.28. The van der Waals surface area contributed by atoms with Crippen molar-refractivity contribution in [1.82, 2.24) is 4.31 Å². The lowest BCUT2D eigenvalue weighted by molar-refractivity contribution is -0.388. The molecule has 1 heterocycles. The Balaban J connectivity index is 2.52. The van der Waals surface area contributed by atoms with Crippen LogP contribution in [0.5, 0.6) is 0 Å². The first kappa shape index (κ1) is 14.9. The minimum atomic E-state index is -3.96. The molecule has 1 aromatic carbocycles. The van der Waals surface area contributed by atoms with Crippen LogP contribution in [0.2, 0.25) is 0 Å². The summed E-state index contributed by atoms with van der Waals surface area (Å²) in [4.78, 5) is 10.0. The van der Waals surface area contributed by atoms with Gasteiger partial charge in [0.2, 0.25) is 10.0 Å². The van der Waals surface area contributed by atoms with Crippen LogP contribution in [0.15, 0.2) is 17.0 Å². The number of nitrogens with zero attached hydrogens (tertiary/aromatic N) is 2. The van der Waals surface area contributed by atoms with E-state index in [1.165, 1.54) is 19.1 Å². The van der Waals surface area contributed by atoms with E-state index in [9.17, 15) is 23.6 Å². The van der Waals surface area contributed by atoms with Gasteiger partial charge in [-0.25, -0.2) is 8.42 Å². The standard InChI is InChI=1S/C12H16N2O5S/c1-8-4-10(14(16)17)11(5-9(8)2)20(18,19)13-6-12(3,15)7-13/h4-5,15H,6-7H2,1-3H3. The van der Waals surface area contributed by atoms with Crippen LogP contribution in [-0.4, -0.2) is 41.4 Å². The molecule has 2 rings (SSSR count). The van der Waals surface area contributed by atoms with Crippen molar-refractivity contribution in [3.63, 3.8) is 0 Å². The van der Waals surface area contributed by atoms with Gasteiger partial charge in [0.1, 0.15) is 0 Å². The Kier molecular flexibility index (Phi) is 3.35. The van der Waals surface area contributed by atoms with Crippen LogP contribution < -0.4 is 0 Å². The van der Waals surface area contributed by atoms with Crippen LogP contribution in [-0.2, 0) is 10.0 Å². The maximum Gasteiger partial charge on any atom is 0.289 e. The molecule has 1 N–H and O–H groups in total. The van der Waals surface area contributed by atoms with Crippen molar-refractivity contribution >= 4 is 15.7 Å². The first-order valence-electron chi connectivity index (χ1n) is 6.03. The predicted octanol–water partition coefficient (Wildman–Crippen LogP) is 0.967. The monoisotopic (exact) mass is 300 g/mol. The quantitative estimate of drug-likeness (QED) is 0.662. The molecule has 0 saturated carbocycles. The Morgan fingerprint density at radius 2 is 1.80 bits per heavy atom. The van der Waals surface area contributed by atoms with Gasteiger partial charge in [-0.15, -0.1) is 0 Å². The summed E-state index contributed by atoms with van der Waals surface area (Å²) in [5.74, 6) is 0. The number of hydrogen-bond acceptors (Lipinski definition) is 5. The summed E-state index contributed by atoms with van der Waals surface area (Å²) in [5, 5.41) is 20.7. The molecule has 7 nitrogen and oxygen atoms in total. The van der Waals surface area contributed by atoms with Gasteiger partial charge in [-0.1, -0.05) is 0 Å². The van der Waals surface area contributed by atoms with E-state index in [0.717, 1.165) is 4.31 Å². The fraction of sp³-hybridized carbons (Fsp3) is 0.500. The number of nitro benzene ring substituents is 1. The number of hydrogen-bond donors (Lipinski definition) is 1. The zero-order chi connectivity index (χ0) is 15.3. The fourth-order valence-electron chi connectivity index (χ4n) is 2.15. The highest BCUT2D eigenvalue weighted by Crippen LogP contribution is 2.33. The Morgan fingerprint density at radius 3 is 2.25 bits per heavy atom. The second-order valence-electron chi connectivity index (χ2n) is 5.43. The molecule has 110 valence electrons. The molecule has 0 amide bonds. The van der Waals surface area contributed by atoms with Crippen LogP contribution in [0.3, 0.4) is 0 Å². The number of aryl methyl sites for hydroxylation is 2. The molecule has 1 aromatic rings. The summed E-state index contributed by atoms with van der Waals surface area (Å²) in [7, 11) is -3.96. The van der Waals surface area contributed by atoms with E-state index in [-0.39, 0.29) is 18.0 Å². The second-order valence-corrected chi connectivity index (χ2v) is 7.34. The van der Waals surface area contributed by atoms with E-state index in [4.69, 9.17) is 0 Å².